The van der Waals surface area contributed by atoms with Crippen LogP contribution in [0.5, 0.6) is 0 Å². The first-order valence-corrected chi connectivity index (χ1v) is 9.18. The Labute approximate surface area is 144 Å². The number of amides is 1. The molecule has 1 amide bonds. The van der Waals surface area contributed by atoms with E-state index in [2.05, 4.69) is 11.4 Å². The van der Waals surface area contributed by atoms with E-state index >= 15 is 0 Å². The van der Waals surface area contributed by atoms with Crippen LogP contribution in [-0.2, 0) is 22.4 Å². The van der Waals surface area contributed by atoms with Crippen molar-refractivity contribution in [3.8, 4) is 6.07 Å². The van der Waals surface area contributed by atoms with Crippen LogP contribution in [-0.4, -0.2) is 17.0 Å². The molecule has 0 aliphatic heterocycles. The molecule has 0 saturated heterocycles. The molecule has 0 spiro atoms. The quantitative estimate of drug-likeness (QED) is 0.826. The average Bonchev–Trinajstić information content (AvgIpc) is 3.15. The molecule has 1 fully saturated rings. The number of carboxylic acid groups (broad SMARTS) is 1. The summed E-state index contributed by atoms with van der Waals surface area (Å²) in [6.07, 6.45) is 8.54. The topological polar surface area (TPSA) is 90.2 Å². The molecule has 1 heterocycles. The van der Waals surface area contributed by atoms with Crippen molar-refractivity contribution in [1.82, 2.24) is 0 Å². The first kappa shape index (κ1) is 15.4. The van der Waals surface area contributed by atoms with Gasteiger partial charge in [0.25, 0.3) is 0 Å². The van der Waals surface area contributed by atoms with Gasteiger partial charge in [0.05, 0.1) is 17.4 Å². The summed E-state index contributed by atoms with van der Waals surface area (Å²) in [4.78, 5) is 25.7. The highest BCUT2D eigenvalue weighted by molar-refractivity contribution is 7.16. The number of allylic oxidation sites excluding steroid dienone is 2. The highest BCUT2D eigenvalue weighted by Gasteiger charge is 2.48. The van der Waals surface area contributed by atoms with Crippen LogP contribution in [0, 0.1) is 35.0 Å². The molecule has 1 aromatic rings. The number of carbonyl (C=O) groups excluding carboxylic acids is 1. The summed E-state index contributed by atoms with van der Waals surface area (Å²) in [5.74, 6) is -2.44. The van der Waals surface area contributed by atoms with Crippen molar-refractivity contribution in [2.45, 2.75) is 32.1 Å². The molecule has 6 heteroatoms. The van der Waals surface area contributed by atoms with Crippen molar-refractivity contribution in [2.75, 3.05) is 5.32 Å². The SMILES string of the molecule is N#Cc1c(NC(=O)[C@H]2[C@@H](C(=O)O)[C@H]3C=C[C@@H]2CC3)sc2c1CCC2. The Bertz CT molecular complexity index is 789. The van der Waals surface area contributed by atoms with Gasteiger partial charge in [-0.2, -0.15) is 5.26 Å². The maximum atomic E-state index is 12.9. The summed E-state index contributed by atoms with van der Waals surface area (Å²) >= 11 is 1.48. The predicted octanol–water partition coefficient (Wildman–Crippen LogP) is 2.96. The molecular weight excluding hydrogens is 324 g/mol. The van der Waals surface area contributed by atoms with E-state index in [1.165, 1.54) is 16.2 Å². The molecule has 0 unspecified atom stereocenters. The Morgan fingerprint density at radius 1 is 1.21 bits per heavy atom. The van der Waals surface area contributed by atoms with Crippen molar-refractivity contribution in [3.05, 3.63) is 28.2 Å². The lowest BCUT2D eigenvalue weighted by molar-refractivity contribution is -0.151. The molecular formula is C18H18N2O3S. The summed E-state index contributed by atoms with van der Waals surface area (Å²) in [6.45, 7) is 0. The second-order valence-corrected chi connectivity index (χ2v) is 7.95. The number of fused-ring (bicyclic) bond motifs is 3. The minimum absolute atomic E-state index is 0.0200. The van der Waals surface area contributed by atoms with Gasteiger partial charge in [-0.3, -0.25) is 9.59 Å². The zero-order valence-electron chi connectivity index (χ0n) is 13.1. The molecule has 24 heavy (non-hydrogen) atoms. The third-order valence-electron chi connectivity index (χ3n) is 5.61. The van der Waals surface area contributed by atoms with Crippen LogP contribution in [0.3, 0.4) is 0 Å². The number of nitriles is 1. The predicted molar refractivity (Wildman–Crippen MR) is 89.7 cm³/mol. The van der Waals surface area contributed by atoms with Gasteiger partial charge in [0.2, 0.25) is 5.91 Å². The normalized spacial score (nSPS) is 30.0. The van der Waals surface area contributed by atoms with Crippen molar-refractivity contribution < 1.29 is 14.7 Å². The molecule has 0 aromatic carbocycles. The van der Waals surface area contributed by atoms with E-state index in [0.717, 1.165) is 37.7 Å². The number of aryl methyl sites for hydroxylation is 1. The molecule has 4 aliphatic rings. The summed E-state index contributed by atoms with van der Waals surface area (Å²) in [6, 6.07) is 2.22. The van der Waals surface area contributed by atoms with Gasteiger partial charge < -0.3 is 10.4 Å². The van der Waals surface area contributed by atoms with Gasteiger partial charge in [0.15, 0.2) is 0 Å². The first-order valence-electron chi connectivity index (χ1n) is 8.36. The highest BCUT2D eigenvalue weighted by Crippen LogP contribution is 2.46. The van der Waals surface area contributed by atoms with E-state index in [9.17, 15) is 20.0 Å². The van der Waals surface area contributed by atoms with Crippen LogP contribution in [0.15, 0.2) is 12.2 Å². The summed E-state index contributed by atoms with van der Waals surface area (Å²) in [7, 11) is 0. The smallest absolute Gasteiger partial charge is 0.307 e. The number of hydrogen-bond acceptors (Lipinski definition) is 4. The zero-order valence-corrected chi connectivity index (χ0v) is 13.9. The molecule has 1 aromatic heterocycles. The van der Waals surface area contributed by atoms with E-state index in [0.29, 0.717) is 10.6 Å². The fraction of sp³-hybridized carbons (Fsp3) is 0.500. The number of carboxylic acids is 1. The van der Waals surface area contributed by atoms with Crippen LogP contribution in [0.2, 0.25) is 0 Å². The average molecular weight is 342 g/mol. The van der Waals surface area contributed by atoms with Crippen molar-refractivity contribution in [3.63, 3.8) is 0 Å². The van der Waals surface area contributed by atoms with Crippen LogP contribution in [0.25, 0.3) is 0 Å². The summed E-state index contributed by atoms with van der Waals surface area (Å²) in [5.41, 5.74) is 1.64. The van der Waals surface area contributed by atoms with E-state index < -0.39 is 17.8 Å². The van der Waals surface area contributed by atoms with Crippen molar-refractivity contribution in [1.29, 1.82) is 5.26 Å². The van der Waals surface area contributed by atoms with Gasteiger partial charge >= 0.3 is 5.97 Å². The van der Waals surface area contributed by atoms with E-state index in [-0.39, 0.29) is 17.7 Å². The Kier molecular flexibility index (Phi) is 3.69. The first-order chi connectivity index (χ1) is 11.6. The van der Waals surface area contributed by atoms with Gasteiger partial charge in [-0.05, 0) is 49.5 Å². The largest absolute Gasteiger partial charge is 0.481 e. The third kappa shape index (κ3) is 2.27. The number of anilines is 1. The second kappa shape index (κ2) is 5.75. The van der Waals surface area contributed by atoms with Crippen molar-refractivity contribution in [2.24, 2.45) is 23.7 Å². The zero-order chi connectivity index (χ0) is 16.8. The molecule has 2 N–H and O–H groups in total. The van der Waals surface area contributed by atoms with Gasteiger partial charge in [-0.15, -0.1) is 11.3 Å². The maximum Gasteiger partial charge on any atom is 0.307 e. The van der Waals surface area contributed by atoms with Gasteiger partial charge in [0.1, 0.15) is 11.1 Å². The van der Waals surface area contributed by atoms with Crippen LogP contribution in [0.1, 0.15) is 35.3 Å². The van der Waals surface area contributed by atoms with Crippen molar-refractivity contribution >= 4 is 28.2 Å². The van der Waals surface area contributed by atoms with E-state index in [1.54, 1.807) is 0 Å². The van der Waals surface area contributed by atoms with E-state index in [1.807, 2.05) is 12.2 Å². The number of aliphatic carboxylic acids is 1. The maximum absolute atomic E-state index is 12.9. The number of nitrogens with zero attached hydrogens (tertiary/aromatic N) is 1. The lowest BCUT2D eigenvalue weighted by Crippen LogP contribution is -2.47. The van der Waals surface area contributed by atoms with Crippen LogP contribution >= 0.6 is 11.3 Å². The van der Waals surface area contributed by atoms with Gasteiger partial charge in [-0.25, -0.2) is 0 Å². The Hall–Kier alpha value is -2.13. The number of hydrogen-bond donors (Lipinski definition) is 2. The monoisotopic (exact) mass is 342 g/mol. The molecule has 5 nitrogen and oxygen atoms in total. The van der Waals surface area contributed by atoms with Gasteiger partial charge in [-0.1, -0.05) is 12.2 Å². The number of carbonyl (C=O) groups is 2. The molecule has 0 radical (unpaired) electrons. The lowest BCUT2D eigenvalue weighted by Gasteiger charge is -2.41. The second-order valence-electron chi connectivity index (χ2n) is 6.84. The standard InChI is InChI=1S/C18H18N2O3S/c19-8-12-11-2-1-3-13(11)24-17(12)20-16(21)14-9-4-6-10(7-5-9)15(14)18(22)23/h4,6,9-10,14-15H,1-3,5,7H2,(H,20,21)(H,22,23)/t9-,10+,14-,15+/m1/s1. The van der Waals surface area contributed by atoms with Gasteiger partial charge in [0, 0.05) is 4.88 Å². The fourth-order valence-corrected chi connectivity index (χ4v) is 5.74. The summed E-state index contributed by atoms with van der Waals surface area (Å²) in [5, 5.41) is 22.5. The third-order valence-corrected chi connectivity index (χ3v) is 6.81. The minimum atomic E-state index is -0.900. The molecule has 124 valence electrons. The minimum Gasteiger partial charge on any atom is -0.481 e. The summed E-state index contributed by atoms with van der Waals surface area (Å²) < 4.78 is 0. The number of thiophene rings is 1. The Balaban J connectivity index is 1.62. The van der Waals surface area contributed by atoms with Crippen LogP contribution < -0.4 is 5.32 Å². The fourth-order valence-electron chi connectivity index (χ4n) is 4.49. The van der Waals surface area contributed by atoms with Crippen LogP contribution in [0.4, 0.5) is 5.00 Å². The Morgan fingerprint density at radius 2 is 1.92 bits per heavy atom. The number of rotatable bonds is 3. The van der Waals surface area contributed by atoms with E-state index in [4.69, 9.17) is 0 Å². The number of nitrogens with one attached hydrogen (secondary N) is 1. The molecule has 5 rings (SSSR count). The lowest BCUT2D eigenvalue weighted by atomic mass is 9.62. The molecule has 4 atom stereocenters. The molecule has 1 saturated carbocycles. The molecule has 2 bridgehead atoms. The highest BCUT2D eigenvalue weighted by atomic mass is 32.1. The molecule has 4 aliphatic carbocycles. The Morgan fingerprint density at radius 3 is 2.54 bits per heavy atom.